The molecule has 10 nitrogen and oxygen atoms in total. The Balaban J connectivity index is 1.33. The number of nitrogens with one attached hydrogen (secondary N) is 3. The summed E-state index contributed by atoms with van der Waals surface area (Å²) in [5.74, 6) is -0.177. The van der Waals surface area contributed by atoms with E-state index in [0.29, 0.717) is 23.6 Å². The van der Waals surface area contributed by atoms with Gasteiger partial charge in [-0.1, -0.05) is 42.5 Å². The van der Waals surface area contributed by atoms with Gasteiger partial charge in [-0.05, 0) is 55.4 Å². The highest BCUT2D eigenvalue weighted by Gasteiger charge is 2.19. The second-order valence-electron chi connectivity index (χ2n) is 10.1. The molecular weight excluding hydrogens is 516 g/mol. The Kier molecular flexibility index (Phi) is 8.40. The van der Waals surface area contributed by atoms with Crippen LogP contribution in [0.4, 0.5) is 28.8 Å². The summed E-state index contributed by atoms with van der Waals surface area (Å²) >= 11 is 0. The summed E-state index contributed by atoms with van der Waals surface area (Å²) in [5, 5.41) is 9.46. The lowest BCUT2D eigenvalue weighted by Gasteiger charge is -2.35. The number of nitrogens with two attached hydrogens (primary N) is 1. The van der Waals surface area contributed by atoms with Gasteiger partial charge >= 0.3 is 0 Å². The van der Waals surface area contributed by atoms with Crippen LogP contribution in [-0.2, 0) is 6.54 Å². The number of hydrogen-bond donors (Lipinski definition) is 4. The van der Waals surface area contributed by atoms with Crippen molar-refractivity contribution in [3.8, 4) is 0 Å². The van der Waals surface area contributed by atoms with Crippen LogP contribution in [0.25, 0.3) is 0 Å². The number of aryl methyl sites for hydroxylation is 1. The molecule has 0 unspecified atom stereocenters. The molecule has 0 atom stereocenters. The van der Waals surface area contributed by atoms with Gasteiger partial charge in [-0.3, -0.25) is 9.59 Å². The first kappa shape index (κ1) is 27.6. The molecule has 0 aliphatic carbocycles. The third-order valence-electron chi connectivity index (χ3n) is 7.08. The van der Waals surface area contributed by atoms with E-state index in [1.807, 2.05) is 61.5 Å². The number of carbonyl (C=O) groups is 2. The number of piperazine rings is 1. The molecule has 41 heavy (non-hydrogen) atoms. The van der Waals surface area contributed by atoms with Gasteiger partial charge in [0.2, 0.25) is 5.95 Å². The van der Waals surface area contributed by atoms with Crippen molar-refractivity contribution in [2.24, 2.45) is 5.73 Å². The van der Waals surface area contributed by atoms with Crippen molar-refractivity contribution < 1.29 is 9.59 Å². The maximum Gasteiger partial charge on any atom is 0.254 e. The number of aromatic nitrogens is 2. The number of nitrogens with zero attached hydrogens (tertiary/aromatic N) is 4. The highest BCUT2D eigenvalue weighted by molar-refractivity contribution is 5.99. The van der Waals surface area contributed by atoms with Gasteiger partial charge in [0.05, 0.1) is 11.4 Å². The Bertz CT molecular complexity index is 1530. The predicted octanol–water partition coefficient (Wildman–Crippen LogP) is 4.05. The first-order valence-electron chi connectivity index (χ1n) is 13.5. The number of para-hydroxylation sites is 2. The van der Waals surface area contributed by atoms with Gasteiger partial charge in [-0.2, -0.15) is 4.98 Å². The number of carbonyl (C=O) groups excluding carboxylic acids is 2. The molecule has 0 bridgehead atoms. The molecule has 5 N–H and O–H groups in total. The van der Waals surface area contributed by atoms with E-state index in [9.17, 15) is 9.59 Å². The second-order valence-corrected chi connectivity index (χ2v) is 10.1. The Morgan fingerprint density at radius 1 is 0.902 bits per heavy atom. The van der Waals surface area contributed by atoms with Gasteiger partial charge in [0.25, 0.3) is 11.8 Å². The molecule has 0 spiro atoms. The first-order chi connectivity index (χ1) is 19.9. The lowest BCUT2D eigenvalue weighted by atomic mass is 10.1. The Labute approximate surface area is 239 Å². The maximum absolute atomic E-state index is 12.8. The molecule has 210 valence electrons. The molecule has 1 aliphatic heterocycles. The minimum atomic E-state index is -0.627. The molecule has 0 radical (unpaired) electrons. The summed E-state index contributed by atoms with van der Waals surface area (Å²) in [6.45, 7) is 6.06. The van der Waals surface area contributed by atoms with Crippen LogP contribution in [0, 0.1) is 6.92 Å². The van der Waals surface area contributed by atoms with E-state index < -0.39 is 5.91 Å². The smallest absolute Gasteiger partial charge is 0.254 e. The van der Waals surface area contributed by atoms with Crippen molar-refractivity contribution in [2.75, 3.05) is 48.8 Å². The number of likely N-dealkylation sites (N-methyl/N-ethyl adjacent to an activating group) is 1. The van der Waals surface area contributed by atoms with Crippen molar-refractivity contribution in [3.63, 3.8) is 0 Å². The van der Waals surface area contributed by atoms with Crippen LogP contribution in [0.15, 0.2) is 79.0 Å². The standard InChI is InChI=1S/C31H34N8O2/c1-21-18-23(12-13-24(21)30(41)33-19-22-8-4-3-5-9-22)35-31-34-20-25(28(32)40)29(37-31)36-26-10-6-7-11-27(26)39-16-14-38(2)15-17-39/h3-13,18,20H,14-17,19H2,1-2H3,(H2,32,40)(H,33,41)(H2,34,35,36,37). The lowest BCUT2D eigenvalue weighted by molar-refractivity contribution is 0.0949. The Morgan fingerprint density at radius 3 is 2.37 bits per heavy atom. The third kappa shape index (κ3) is 6.79. The van der Waals surface area contributed by atoms with Gasteiger partial charge in [-0.15, -0.1) is 0 Å². The van der Waals surface area contributed by atoms with Crippen LogP contribution in [0.5, 0.6) is 0 Å². The molecule has 0 saturated carbocycles. The zero-order valence-corrected chi connectivity index (χ0v) is 23.2. The minimum Gasteiger partial charge on any atom is -0.367 e. The molecule has 4 aromatic rings. The number of amides is 2. The Hall–Kier alpha value is -4.96. The van der Waals surface area contributed by atoms with Gasteiger partial charge in [0.1, 0.15) is 11.4 Å². The van der Waals surface area contributed by atoms with Crippen LogP contribution >= 0.6 is 0 Å². The highest BCUT2D eigenvalue weighted by Crippen LogP contribution is 2.30. The normalized spacial score (nSPS) is 13.5. The summed E-state index contributed by atoms with van der Waals surface area (Å²) in [7, 11) is 2.12. The van der Waals surface area contributed by atoms with Gasteiger partial charge < -0.3 is 31.5 Å². The fourth-order valence-electron chi connectivity index (χ4n) is 4.75. The number of hydrogen-bond acceptors (Lipinski definition) is 8. The molecule has 2 amide bonds. The molecule has 1 aliphatic rings. The number of rotatable bonds is 9. The number of anilines is 5. The summed E-state index contributed by atoms with van der Waals surface area (Å²) in [4.78, 5) is 38.5. The molecule has 1 fully saturated rings. The van der Waals surface area contributed by atoms with E-state index in [1.165, 1.54) is 6.20 Å². The monoisotopic (exact) mass is 550 g/mol. The molecule has 10 heteroatoms. The van der Waals surface area contributed by atoms with Crippen molar-refractivity contribution in [1.82, 2.24) is 20.2 Å². The van der Waals surface area contributed by atoms with Crippen molar-refractivity contribution in [1.29, 1.82) is 0 Å². The third-order valence-corrected chi connectivity index (χ3v) is 7.08. The van der Waals surface area contributed by atoms with Gasteiger partial charge in [0.15, 0.2) is 0 Å². The van der Waals surface area contributed by atoms with E-state index >= 15 is 0 Å². The fourth-order valence-corrected chi connectivity index (χ4v) is 4.75. The zero-order chi connectivity index (χ0) is 28.8. The fraction of sp³-hybridized carbons (Fsp3) is 0.226. The molecule has 3 aromatic carbocycles. The maximum atomic E-state index is 12.8. The van der Waals surface area contributed by atoms with Gasteiger partial charge in [0, 0.05) is 50.2 Å². The van der Waals surface area contributed by atoms with Crippen molar-refractivity contribution >= 4 is 40.6 Å². The zero-order valence-electron chi connectivity index (χ0n) is 23.2. The predicted molar refractivity (Wildman–Crippen MR) is 162 cm³/mol. The van der Waals surface area contributed by atoms with E-state index in [4.69, 9.17) is 5.73 Å². The summed E-state index contributed by atoms with van der Waals surface area (Å²) < 4.78 is 0. The van der Waals surface area contributed by atoms with E-state index in [1.54, 1.807) is 12.1 Å². The van der Waals surface area contributed by atoms with Crippen LogP contribution in [0.2, 0.25) is 0 Å². The SMILES string of the molecule is Cc1cc(Nc2ncc(C(N)=O)c(Nc3ccccc3N3CCN(C)CC3)n2)ccc1C(=O)NCc1ccccc1. The number of primary amides is 1. The topological polar surface area (TPSA) is 129 Å². The van der Waals surface area contributed by atoms with Crippen LogP contribution < -0.4 is 26.6 Å². The lowest BCUT2D eigenvalue weighted by Crippen LogP contribution is -2.44. The largest absolute Gasteiger partial charge is 0.367 e. The van der Waals surface area contributed by atoms with Crippen LogP contribution in [0.1, 0.15) is 31.8 Å². The van der Waals surface area contributed by atoms with Crippen molar-refractivity contribution in [2.45, 2.75) is 13.5 Å². The summed E-state index contributed by atoms with van der Waals surface area (Å²) in [6, 6.07) is 23.1. The highest BCUT2D eigenvalue weighted by atomic mass is 16.2. The first-order valence-corrected chi connectivity index (χ1v) is 13.5. The molecular formula is C31H34N8O2. The Morgan fingerprint density at radius 2 is 1.63 bits per heavy atom. The van der Waals surface area contributed by atoms with E-state index in [0.717, 1.165) is 48.7 Å². The molecule has 1 saturated heterocycles. The molecule has 2 heterocycles. The van der Waals surface area contributed by atoms with Crippen LogP contribution in [0.3, 0.4) is 0 Å². The number of benzene rings is 3. The molecule has 1 aromatic heterocycles. The minimum absolute atomic E-state index is 0.148. The average Bonchev–Trinajstić information content (AvgIpc) is 2.97. The second kappa shape index (κ2) is 12.5. The average molecular weight is 551 g/mol. The van der Waals surface area contributed by atoms with E-state index in [-0.39, 0.29) is 17.4 Å². The van der Waals surface area contributed by atoms with Crippen molar-refractivity contribution in [3.05, 3.63) is 101 Å². The van der Waals surface area contributed by atoms with E-state index in [2.05, 4.69) is 48.8 Å². The molecule has 5 rings (SSSR count). The van der Waals surface area contributed by atoms with Crippen LogP contribution in [-0.4, -0.2) is 59.9 Å². The quantitative estimate of drug-likeness (QED) is 0.246. The van der Waals surface area contributed by atoms with Gasteiger partial charge in [-0.25, -0.2) is 4.98 Å². The summed E-state index contributed by atoms with van der Waals surface area (Å²) in [6.07, 6.45) is 1.41. The summed E-state index contributed by atoms with van der Waals surface area (Å²) in [5.41, 5.74) is 10.8.